The van der Waals surface area contributed by atoms with Gasteiger partial charge in [-0.1, -0.05) is 23.4 Å². The normalized spacial score (nSPS) is 11.1. The van der Waals surface area contributed by atoms with E-state index in [4.69, 9.17) is 16.0 Å². The van der Waals surface area contributed by atoms with Crippen LogP contribution in [0.15, 0.2) is 33.2 Å². The Morgan fingerprint density at radius 1 is 1.29 bits per heavy atom. The SMILES string of the molecule is Fc1cc(Cl)c(NCc2ccc(CSC(F)F)o2)c(Br)c1. The van der Waals surface area contributed by atoms with Gasteiger partial charge in [-0.05, 0) is 40.2 Å². The maximum Gasteiger partial charge on any atom is 0.284 e. The number of halogens is 5. The maximum atomic E-state index is 13.1. The largest absolute Gasteiger partial charge is 0.463 e. The van der Waals surface area contributed by atoms with Crippen LogP contribution in [0.5, 0.6) is 0 Å². The van der Waals surface area contributed by atoms with E-state index in [9.17, 15) is 13.2 Å². The van der Waals surface area contributed by atoms with Crippen molar-refractivity contribution in [3.05, 3.63) is 51.1 Å². The molecular weight excluding hydrogens is 391 g/mol. The minimum absolute atomic E-state index is 0.110. The topological polar surface area (TPSA) is 25.2 Å². The third-order valence-corrected chi connectivity index (χ3v) is 4.14. The van der Waals surface area contributed by atoms with E-state index < -0.39 is 11.6 Å². The van der Waals surface area contributed by atoms with Gasteiger partial charge < -0.3 is 9.73 Å². The average molecular weight is 401 g/mol. The lowest BCUT2D eigenvalue weighted by molar-refractivity contribution is 0.251. The summed E-state index contributed by atoms with van der Waals surface area (Å²) in [4.78, 5) is 0. The smallest absolute Gasteiger partial charge is 0.284 e. The summed E-state index contributed by atoms with van der Waals surface area (Å²) in [7, 11) is 0. The Morgan fingerprint density at radius 2 is 2.00 bits per heavy atom. The lowest BCUT2D eigenvalue weighted by Crippen LogP contribution is -2.00. The number of anilines is 1. The van der Waals surface area contributed by atoms with Crippen molar-refractivity contribution in [3.8, 4) is 0 Å². The summed E-state index contributed by atoms with van der Waals surface area (Å²) in [6, 6.07) is 5.83. The molecule has 0 atom stereocenters. The molecule has 1 aromatic carbocycles. The summed E-state index contributed by atoms with van der Waals surface area (Å²) in [6.45, 7) is 0.309. The summed E-state index contributed by atoms with van der Waals surface area (Å²) in [5.74, 6) is -1.71. The van der Waals surface area contributed by atoms with Crippen LogP contribution in [0.3, 0.4) is 0 Å². The zero-order valence-corrected chi connectivity index (χ0v) is 13.7. The molecule has 0 bridgehead atoms. The number of rotatable bonds is 6. The summed E-state index contributed by atoms with van der Waals surface area (Å²) in [6.07, 6.45) is 0. The van der Waals surface area contributed by atoms with Crippen molar-refractivity contribution < 1.29 is 17.6 Å². The number of nitrogens with one attached hydrogen (secondary N) is 1. The van der Waals surface area contributed by atoms with Crippen LogP contribution in [-0.2, 0) is 12.3 Å². The first-order valence-corrected chi connectivity index (χ1v) is 8.03. The molecule has 0 saturated carbocycles. The van der Waals surface area contributed by atoms with Gasteiger partial charge >= 0.3 is 0 Å². The van der Waals surface area contributed by atoms with Crippen molar-refractivity contribution >= 4 is 45.0 Å². The van der Waals surface area contributed by atoms with E-state index in [2.05, 4.69) is 21.2 Å². The second kappa shape index (κ2) is 7.47. The molecule has 114 valence electrons. The van der Waals surface area contributed by atoms with E-state index in [-0.39, 0.29) is 10.8 Å². The van der Waals surface area contributed by atoms with Crippen molar-refractivity contribution in [1.29, 1.82) is 0 Å². The molecule has 8 heteroatoms. The number of hydrogen-bond donors (Lipinski definition) is 1. The van der Waals surface area contributed by atoms with E-state index in [1.54, 1.807) is 12.1 Å². The van der Waals surface area contributed by atoms with E-state index in [0.29, 0.717) is 40.0 Å². The second-order valence-corrected chi connectivity index (χ2v) is 6.28. The molecule has 0 spiro atoms. The average Bonchev–Trinajstić information content (AvgIpc) is 2.83. The molecule has 1 heterocycles. The molecule has 0 radical (unpaired) electrons. The van der Waals surface area contributed by atoms with Crippen LogP contribution in [-0.4, -0.2) is 5.76 Å². The van der Waals surface area contributed by atoms with Gasteiger partial charge in [0.15, 0.2) is 0 Å². The van der Waals surface area contributed by atoms with E-state index in [1.165, 1.54) is 12.1 Å². The Balaban J connectivity index is 1.97. The highest BCUT2D eigenvalue weighted by molar-refractivity contribution is 9.10. The van der Waals surface area contributed by atoms with E-state index in [1.807, 2.05) is 0 Å². The van der Waals surface area contributed by atoms with Gasteiger partial charge in [0.2, 0.25) is 0 Å². The van der Waals surface area contributed by atoms with Crippen molar-refractivity contribution in [3.63, 3.8) is 0 Å². The number of furan rings is 1. The van der Waals surface area contributed by atoms with Crippen LogP contribution in [0.1, 0.15) is 11.5 Å². The maximum absolute atomic E-state index is 13.1. The molecular formula is C13H10BrClF3NOS. The first-order chi connectivity index (χ1) is 9.95. The van der Waals surface area contributed by atoms with Crippen LogP contribution in [0.25, 0.3) is 0 Å². The van der Waals surface area contributed by atoms with Gasteiger partial charge in [-0.15, -0.1) is 0 Å². The summed E-state index contributed by atoms with van der Waals surface area (Å²) in [5, 5.41) is 3.25. The minimum atomic E-state index is -2.43. The summed E-state index contributed by atoms with van der Waals surface area (Å²) in [5.41, 5.74) is 0.540. The molecule has 0 aliphatic heterocycles. The molecule has 1 N–H and O–H groups in total. The van der Waals surface area contributed by atoms with Crippen molar-refractivity contribution in [1.82, 2.24) is 0 Å². The van der Waals surface area contributed by atoms with Crippen molar-refractivity contribution in [2.75, 3.05) is 5.32 Å². The number of hydrogen-bond acceptors (Lipinski definition) is 3. The molecule has 0 unspecified atom stereocenters. The molecule has 2 rings (SSSR count). The standard InChI is InChI=1S/C13H10BrClF3NOS/c14-10-3-7(16)4-11(15)12(10)19-5-8-1-2-9(20-8)6-21-13(17)18/h1-4,13,19H,5-6H2. The van der Waals surface area contributed by atoms with Gasteiger partial charge in [-0.25, -0.2) is 4.39 Å². The molecule has 0 aliphatic rings. The number of alkyl halides is 2. The highest BCUT2D eigenvalue weighted by Gasteiger charge is 2.10. The third kappa shape index (κ3) is 4.86. The molecule has 0 saturated heterocycles. The van der Waals surface area contributed by atoms with E-state index >= 15 is 0 Å². The second-order valence-electron chi connectivity index (χ2n) is 4.04. The van der Waals surface area contributed by atoms with Crippen LogP contribution in [0.4, 0.5) is 18.9 Å². The van der Waals surface area contributed by atoms with Gasteiger partial charge in [0, 0.05) is 4.47 Å². The fourth-order valence-corrected chi connectivity index (χ4v) is 3.03. The Kier molecular flexibility index (Phi) is 5.89. The predicted molar refractivity (Wildman–Crippen MR) is 82.4 cm³/mol. The van der Waals surface area contributed by atoms with Crippen molar-refractivity contribution in [2.45, 2.75) is 18.1 Å². The Bertz CT molecular complexity index is 600. The quantitative estimate of drug-likeness (QED) is 0.653. The minimum Gasteiger partial charge on any atom is -0.463 e. The molecule has 0 fully saturated rings. The first kappa shape index (κ1) is 16.6. The van der Waals surface area contributed by atoms with Gasteiger partial charge in [0.25, 0.3) is 5.76 Å². The number of benzene rings is 1. The predicted octanol–water partition coefficient (Wildman–Crippen LogP) is 5.90. The third-order valence-electron chi connectivity index (χ3n) is 2.52. The molecule has 0 aliphatic carbocycles. The summed E-state index contributed by atoms with van der Waals surface area (Å²) < 4.78 is 43.2. The Morgan fingerprint density at radius 3 is 2.67 bits per heavy atom. The molecule has 21 heavy (non-hydrogen) atoms. The van der Waals surface area contributed by atoms with Gasteiger partial charge in [-0.2, -0.15) is 8.78 Å². The lowest BCUT2D eigenvalue weighted by atomic mass is 10.3. The fourth-order valence-electron chi connectivity index (χ4n) is 1.63. The highest BCUT2D eigenvalue weighted by atomic mass is 79.9. The molecule has 0 amide bonds. The molecule has 2 aromatic rings. The zero-order chi connectivity index (χ0) is 15.4. The van der Waals surface area contributed by atoms with Crippen LogP contribution >= 0.6 is 39.3 Å². The van der Waals surface area contributed by atoms with Crippen LogP contribution in [0, 0.1) is 5.82 Å². The van der Waals surface area contributed by atoms with Gasteiger partial charge in [0.1, 0.15) is 17.3 Å². The highest BCUT2D eigenvalue weighted by Crippen LogP contribution is 2.32. The Hall–Kier alpha value is -0.790. The van der Waals surface area contributed by atoms with Crippen LogP contribution < -0.4 is 5.32 Å². The monoisotopic (exact) mass is 399 g/mol. The van der Waals surface area contributed by atoms with E-state index in [0.717, 1.165) is 0 Å². The first-order valence-electron chi connectivity index (χ1n) is 5.81. The molecule has 1 aromatic heterocycles. The van der Waals surface area contributed by atoms with Gasteiger partial charge in [0.05, 0.1) is 23.0 Å². The zero-order valence-electron chi connectivity index (χ0n) is 10.5. The molecule has 2 nitrogen and oxygen atoms in total. The number of thioether (sulfide) groups is 1. The fraction of sp³-hybridized carbons (Fsp3) is 0.231. The van der Waals surface area contributed by atoms with Gasteiger partial charge in [-0.3, -0.25) is 0 Å². The van der Waals surface area contributed by atoms with Crippen LogP contribution in [0.2, 0.25) is 5.02 Å². The summed E-state index contributed by atoms with van der Waals surface area (Å²) >= 11 is 9.66. The Labute approximate surface area is 137 Å². The lowest BCUT2D eigenvalue weighted by Gasteiger charge is -2.09. The van der Waals surface area contributed by atoms with Crippen molar-refractivity contribution in [2.24, 2.45) is 0 Å².